The first-order valence-corrected chi connectivity index (χ1v) is 10.6. The van der Waals surface area contributed by atoms with E-state index in [1.807, 2.05) is 37.3 Å². The van der Waals surface area contributed by atoms with Crippen LogP contribution in [0, 0.1) is 0 Å². The molecule has 0 heterocycles. The van der Waals surface area contributed by atoms with Gasteiger partial charge in [0, 0.05) is 11.5 Å². The maximum absolute atomic E-state index is 12.6. The Morgan fingerprint density at radius 1 is 1.12 bits per heavy atom. The summed E-state index contributed by atoms with van der Waals surface area (Å²) in [6.45, 7) is 1.82. The van der Waals surface area contributed by atoms with E-state index in [-0.39, 0.29) is 23.4 Å². The van der Waals surface area contributed by atoms with E-state index in [2.05, 4.69) is 21.2 Å². The standard InChI is InChI=1S/C19H23BrN2O3S/c1-3-7-18(15-8-5-4-6-9-15)21-19(23)14-22(2)26(24,25)17-12-10-16(20)11-13-17/h4-6,8-13,18H,3,7,14H2,1-2H3,(H,21,23). The highest BCUT2D eigenvalue weighted by Crippen LogP contribution is 2.19. The Bertz CT molecular complexity index is 824. The topological polar surface area (TPSA) is 66.5 Å². The quantitative estimate of drug-likeness (QED) is 0.682. The second-order valence-electron chi connectivity index (χ2n) is 6.03. The summed E-state index contributed by atoms with van der Waals surface area (Å²) in [5.74, 6) is -0.324. The zero-order valence-electron chi connectivity index (χ0n) is 14.9. The van der Waals surface area contributed by atoms with Crippen molar-refractivity contribution in [2.75, 3.05) is 13.6 Å². The zero-order valence-corrected chi connectivity index (χ0v) is 17.3. The van der Waals surface area contributed by atoms with E-state index < -0.39 is 10.0 Å². The predicted octanol–water partition coefficient (Wildman–Crippen LogP) is 3.73. The molecule has 1 unspecified atom stereocenters. The molecular weight excluding hydrogens is 416 g/mol. The molecule has 2 aromatic rings. The molecule has 0 radical (unpaired) electrons. The average Bonchev–Trinajstić information content (AvgIpc) is 2.62. The van der Waals surface area contributed by atoms with Crippen molar-refractivity contribution in [3.63, 3.8) is 0 Å². The summed E-state index contributed by atoms with van der Waals surface area (Å²) in [4.78, 5) is 12.6. The number of halogens is 1. The fraction of sp³-hybridized carbons (Fsp3) is 0.316. The number of rotatable bonds is 8. The predicted molar refractivity (Wildman–Crippen MR) is 106 cm³/mol. The summed E-state index contributed by atoms with van der Waals surface area (Å²) < 4.78 is 27.0. The van der Waals surface area contributed by atoms with Gasteiger partial charge < -0.3 is 5.32 Å². The van der Waals surface area contributed by atoms with Crippen molar-refractivity contribution in [1.82, 2.24) is 9.62 Å². The first-order valence-electron chi connectivity index (χ1n) is 8.40. The van der Waals surface area contributed by atoms with Crippen molar-refractivity contribution in [3.05, 3.63) is 64.6 Å². The van der Waals surface area contributed by atoms with Crippen LogP contribution in [0.15, 0.2) is 64.0 Å². The van der Waals surface area contributed by atoms with E-state index >= 15 is 0 Å². The summed E-state index contributed by atoms with van der Waals surface area (Å²) in [5, 5.41) is 2.95. The third kappa shape index (κ3) is 5.40. The maximum Gasteiger partial charge on any atom is 0.243 e. The molecule has 1 amide bonds. The van der Waals surface area contributed by atoms with Crippen LogP contribution in [0.3, 0.4) is 0 Å². The molecule has 140 valence electrons. The Morgan fingerprint density at radius 3 is 2.31 bits per heavy atom. The molecule has 0 fully saturated rings. The van der Waals surface area contributed by atoms with Gasteiger partial charge in [-0.3, -0.25) is 4.79 Å². The van der Waals surface area contributed by atoms with Crippen molar-refractivity contribution >= 4 is 31.9 Å². The zero-order chi connectivity index (χ0) is 19.2. The van der Waals surface area contributed by atoms with Crippen LogP contribution in [0.25, 0.3) is 0 Å². The van der Waals surface area contributed by atoms with Gasteiger partial charge in [-0.25, -0.2) is 8.42 Å². The molecule has 0 aliphatic heterocycles. The Hall–Kier alpha value is -1.70. The number of nitrogens with one attached hydrogen (secondary N) is 1. The molecule has 26 heavy (non-hydrogen) atoms. The second-order valence-corrected chi connectivity index (χ2v) is 9.00. The number of benzene rings is 2. The van der Waals surface area contributed by atoms with Crippen molar-refractivity contribution in [1.29, 1.82) is 0 Å². The van der Waals surface area contributed by atoms with Gasteiger partial charge in [0.05, 0.1) is 17.5 Å². The molecule has 0 aliphatic carbocycles. The first-order chi connectivity index (χ1) is 12.3. The van der Waals surface area contributed by atoms with Crippen molar-refractivity contribution in [2.24, 2.45) is 0 Å². The lowest BCUT2D eigenvalue weighted by Crippen LogP contribution is -2.39. The van der Waals surface area contributed by atoms with E-state index in [0.29, 0.717) is 0 Å². The minimum atomic E-state index is -3.71. The number of carbonyl (C=O) groups excluding carboxylic acids is 1. The molecule has 0 bridgehead atoms. The summed E-state index contributed by atoms with van der Waals surface area (Å²) in [7, 11) is -2.30. The molecule has 2 rings (SSSR count). The van der Waals surface area contributed by atoms with E-state index in [1.54, 1.807) is 12.1 Å². The van der Waals surface area contributed by atoms with Crippen LogP contribution in [0.2, 0.25) is 0 Å². The van der Waals surface area contributed by atoms with Crippen LogP contribution in [0.5, 0.6) is 0 Å². The summed E-state index contributed by atoms with van der Waals surface area (Å²) in [6.07, 6.45) is 1.70. The third-order valence-corrected chi connectivity index (χ3v) is 6.35. The Morgan fingerprint density at radius 2 is 1.73 bits per heavy atom. The van der Waals surface area contributed by atoms with Crippen LogP contribution in [-0.4, -0.2) is 32.2 Å². The number of carbonyl (C=O) groups is 1. The number of amides is 1. The summed E-state index contributed by atoms with van der Waals surface area (Å²) in [6, 6.07) is 15.9. The Balaban J connectivity index is 2.06. The van der Waals surface area contributed by atoms with Gasteiger partial charge >= 0.3 is 0 Å². The minimum Gasteiger partial charge on any atom is -0.348 e. The molecule has 0 aromatic heterocycles. The van der Waals surface area contributed by atoms with Gasteiger partial charge in [-0.2, -0.15) is 4.31 Å². The first kappa shape index (κ1) is 20.6. The highest BCUT2D eigenvalue weighted by molar-refractivity contribution is 9.10. The molecule has 0 spiro atoms. The summed E-state index contributed by atoms with van der Waals surface area (Å²) >= 11 is 3.28. The number of nitrogens with zero attached hydrogens (tertiary/aromatic N) is 1. The van der Waals surface area contributed by atoms with Gasteiger partial charge in [-0.15, -0.1) is 0 Å². The maximum atomic E-state index is 12.6. The lowest BCUT2D eigenvalue weighted by atomic mass is 10.0. The summed E-state index contributed by atoms with van der Waals surface area (Å²) in [5.41, 5.74) is 1.01. The van der Waals surface area contributed by atoms with Gasteiger partial charge in [0.2, 0.25) is 15.9 Å². The molecule has 0 aliphatic rings. The van der Waals surface area contributed by atoms with Gasteiger partial charge in [-0.05, 0) is 36.2 Å². The largest absolute Gasteiger partial charge is 0.348 e. The van der Waals surface area contributed by atoms with Crippen LogP contribution in [-0.2, 0) is 14.8 Å². The molecule has 1 N–H and O–H groups in total. The highest BCUT2D eigenvalue weighted by Gasteiger charge is 2.24. The second kappa shape index (κ2) is 9.30. The van der Waals surface area contributed by atoms with Crippen molar-refractivity contribution in [2.45, 2.75) is 30.7 Å². The molecule has 0 saturated heterocycles. The fourth-order valence-electron chi connectivity index (χ4n) is 2.61. The number of likely N-dealkylation sites (N-methyl/N-ethyl adjacent to an activating group) is 1. The van der Waals surface area contributed by atoms with Gasteiger partial charge in [0.15, 0.2) is 0 Å². The van der Waals surface area contributed by atoms with Gasteiger partial charge in [0.25, 0.3) is 0 Å². The number of sulfonamides is 1. The molecule has 5 nitrogen and oxygen atoms in total. The molecular formula is C19H23BrN2O3S. The van der Waals surface area contributed by atoms with Crippen LogP contribution in [0.1, 0.15) is 31.4 Å². The Labute approximate surface area is 163 Å². The highest BCUT2D eigenvalue weighted by atomic mass is 79.9. The van der Waals surface area contributed by atoms with Crippen LogP contribution >= 0.6 is 15.9 Å². The monoisotopic (exact) mass is 438 g/mol. The third-order valence-electron chi connectivity index (χ3n) is 4.00. The van der Waals surface area contributed by atoms with Crippen LogP contribution < -0.4 is 5.32 Å². The fourth-order valence-corrected chi connectivity index (χ4v) is 4.00. The average molecular weight is 439 g/mol. The number of hydrogen-bond donors (Lipinski definition) is 1. The number of hydrogen-bond acceptors (Lipinski definition) is 3. The Kier molecular flexibility index (Phi) is 7.37. The van der Waals surface area contributed by atoms with E-state index in [0.717, 1.165) is 27.2 Å². The molecule has 7 heteroatoms. The van der Waals surface area contributed by atoms with E-state index in [4.69, 9.17) is 0 Å². The lowest BCUT2D eigenvalue weighted by Gasteiger charge is -2.21. The SMILES string of the molecule is CCCC(NC(=O)CN(C)S(=O)(=O)c1ccc(Br)cc1)c1ccccc1. The van der Waals surface area contributed by atoms with Crippen molar-refractivity contribution in [3.8, 4) is 0 Å². The minimum absolute atomic E-state index is 0.127. The van der Waals surface area contributed by atoms with Crippen LogP contribution in [0.4, 0.5) is 0 Å². The molecule has 2 aromatic carbocycles. The van der Waals surface area contributed by atoms with Gasteiger partial charge in [0.1, 0.15) is 0 Å². The van der Waals surface area contributed by atoms with Gasteiger partial charge in [-0.1, -0.05) is 59.6 Å². The lowest BCUT2D eigenvalue weighted by molar-refractivity contribution is -0.121. The molecule has 1 atom stereocenters. The van der Waals surface area contributed by atoms with E-state index in [9.17, 15) is 13.2 Å². The van der Waals surface area contributed by atoms with Crippen molar-refractivity contribution < 1.29 is 13.2 Å². The molecule has 0 saturated carbocycles. The smallest absolute Gasteiger partial charge is 0.243 e. The van der Waals surface area contributed by atoms with E-state index in [1.165, 1.54) is 19.2 Å². The normalized spacial score (nSPS) is 12.8.